The fourth-order valence-electron chi connectivity index (χ4n) is 4.31. The zero-order valence-corrected chi connectivity index (χ0v) is 22.8. The van der Waals surface area contributed by atoms with Gasteiger partial charge in [-0.1, -0.05) is 0 Å². The van der Waals surface area contributed by atoms with Gasteiger partial charge in [0.15, 0.2) is 34.5 Å². The summed E-state index contributed by atoms with van der Waals surface area (Å²) in [6.45, 7) is 3.63. The largest absolute Gasteiger partial charge is 0.504 e. The van der Waals surface area contributed by atoms with Crippen molar-refractivity contribution in [3.63, 3.8) is 0 Å². The third-order valence-corrected chi connectivity index (χ3v) is 6.64. The molecule has 0 fully saturated rings. The predicted octanol–water partition coefficient (Wildman–Crippen LogP) is 7.51. The maximum absolute atomic E-state index is 10.2. The Balaban J connectivity index is 1.31. The van der Waals surface area contributed by atoms with Gasteiger partial charge in [0.25, 0.3) is 0 Å². The van der Waals surface area contributed by atoms with Crippen molar-refractivity contribution in [3.8, 4) is 34.5 Å². The SMILES string of the molecule is Cc1cc(O)c(O)cc1Nc1ccc(Nc2cc(O)c(O)cc2Nc2ccc(Nc3cc(O)c(O)cc3C)cc2)cc1. The molecule has 10 nitrogen and oxygen atoms in total. The standard InChI is InChI=1S/C32H30N4O6/c1-17-11-27(37)29(39)13-23(17)33-19-3-7-21(8-4-19)35-25-15-31(41)32(42)16-26(25)36-22-9-5-20(6-10-22)34-24-14-30(40)28(38)12-18(24)2/h3-16,33-42H,1-2H3. The monoisotopic (exact) mass is 566 g/mol. The fraction of sp³-hybridized carbons (Fsp3) is 0.0625. The van der Waals surface area contributed by atoms with Gasteiger partial charge in [-0.2, -0.15) is 0 Å². The molecule has 0 saturated heterocycles. The smallest absolute Gasteiger partial charge is 0.159 e. The van der Waals surface area contributed by atoms with Gasteiger partial charge >= 0.3 is 0 Å². The van der Waals surface area contributed by atoms with Crippen molar-refractivity contribution in [3.05, 3.63) is 96.1 Å². The van der Waals surface area contributed by atoms with Crippen LogP contribution in [0.5, 0.6) is 34.5 Å². The molecule has 10 N–H and O–H groups in total. The number of benzene rings is 5. The third-order valence-electron chi connectivity index (χ3n) is 6.64. The molecule has 0 bridgehead atoms. The van der Waals surface area contributed by atoms with Crippen molar-refractivity contribution >= 4 is 45.5 Å². The molecular weight excluding hydrogens is 536 g/mol. The second-order valence-corrected chi connectivity index (χ2v) is 9.85. The lowest BCUT2D eigenvalue weighted by Gasteiger charge is -2.17. The molecule has 0 heterocycles. The molecule has 42 heavy (non-hydrogen) atoms. The summed E-state index contributed by atoms with van der Waals surface area (Å²) in [4.78, 5) is 0. The quantitative estimate of drug-likeness (QED) is 0.0670. The van der Waals surface area contributed by atoms with Crippen molar-refractivity contribution in [2.24, 2.45) is 0 Å². The summed E-state index contributed by atoms with van der Waals surface area (Å²) < 4.78 is 0. The van der Waals surface area contributed by atoms with Gasteiger partial charge in [0.1, 0.15) is 0 Å². The molecule has 5 aromatic carbocycles. The molecule has 5 aromatic rings. The predicted molar refractivity (Wildman–Crippen MR) is 165 cm³/mol. The normalized spacial score (nSPS) is 10.7. The van der Waals surface area contributed by atoms with Gasteiger partial charge in [0, 0.05) is 58.4 Å². The van der Waals surface area contributed by atoms with Crippen LogP contribution in [0.3, 0.4) is 0 Å². The van der Waals surface area contributed by atoms with E-state index in [-0.39, 0.29) is 34.5 Å². The lowest BCUT2D eigenvalue weighted by Crippen LogP contribution is -1.99. The van der Waals surface area contributed by atoms with E-state index >= 15 is 0 Å². The molecule has 0 aliphatic rings. The van der Waals surface area contributed by atoms with Crippen molar-refractivity contribution in [1.82, 2.24) is 0 Å². The summed E-state index contributed by atoms with van der Waals surface area (Å²) in [6.07, 6.45) is 0. The van der Waals surface area contributed by atoms with Crippen LogP contribution in [0.25, 0.3) is 0 Å². The second kappa shape index (κ2) is 11.3. The minimum absolute atomic E-state index is 0.183. The van der Waals surface area contributed by atoms with E-state index in [1.807, 2.05) is 62.4 Å². The zero-order valence-electron chi connectivity index (χ0n) is 22.8. The van der Waals surface area contributed by atoms with Crippen molar-refractivity contribution in [2.45, 2.75) is 13.8 Å². The van der Waals surface area contributed by atoms with Crippen LogP contribution in [0, 0.1) is 13.8 Å². The summed E-state index contributed by atoms with van der Waals surface area (Å²) in [5.74, 6) is -1.36. The molecular formula is C32H30N4O6. The van der Waals surface area contributed by atoms with Crippen LogP contribution in [-0.4, -0.2) is 30.6 Å². The summed E-state index contributed by atoms with van der Waals surface area (Å²) in [5.41, 5.74) is 6.81. The first-order valence-electron chi connectivity index (χ1n) is 12.9. The Bertz CT molecular complexity index is 1630. The van der Waals surface area contributed by atoms with Gasteiger partial charge in [-0.15, -0.1) is 0 Å². The second-order valence-electron chi connectivity index (χ2n) is 9.85. The van der Waals surface area contributed by atoms with E-state index in [0.29, 0.717) is 34.1 Å². The highest BCUT2D eigenvalue weighted by atomic mass is 16.3. The highest BCUT2D eigenvalue weighted by Gasteiger charge is 2.12. The third kappa shape index (κ3) is 6.13. The summed E-state index contributed by atoms with van der Waals surface area (Å²) in [5, 5.41) is 72.2. The van der Waals surface area contributed by atoms with Crippen LogP contribution in [0.15, 0.2) is 84.9 Å². The minimum atomic E-state index is -0.281. The fourth-order valence-corrected chi connectivity index (χ4v) is 4.31. The zero-order chi connectivity index (χ0) is 30.0. The average molecular weight is 567 g/mol. The van der Waals surface area contributed by atoms with Crippen LogP contribution < -0.4 is 21.3 Å². The molecule has 0 amide bonds. The number of rotatable bonds is 8. The van der Waals surface area contributed by atoms with E-state index in [1.165, 1.54) is 36.4 Å². The Labute approximate surface area is 241 Å². The van der Waals surface area contributed by atoms with Crippen LogP contribution in [0.2, 0.25) is 0 Å². The summed E-state index contributed by atoms with van der Waals surface area (Å²) in [6, 6.07) is 23.4. The Morgan fingerprint density at radius 3 is 0.833 bits per heavy atom. The molecule has 0 aromatic heterocycles. The number of aromatic hydroxyl groups is 6. The number of nitrogens with one attached hydrogen (secondary N) is 4. The van der Waals surface area contributed by atoms with E-state index in [1.54, 1.807) is 0 Å². The number of hydrogen-bond acceptors (Lipinski definition) is 10. The Morgan fingerprint density at radius 1 is 0.333 bits per heavy atom. The average Bonchev–Trinajstić information content (AvgIpc) is 2.95. The van der Waals surface area contributed by atoms with Gasteiger partial charge in [0.2, 0.25) is 0 Å². The summed E-state index contributed by atoms with van der Waals surface area (Å²) in [7, 11) is 0. The van der Waals surface area contributed by atoms with Crippen molar-refractivity contribution < 1.29 is 30.6 Å². The Kier molecular flexibility index (Phi) is 7.44. The molecule has 0 aliphatic heterocycles. The number of aryl methyl sites for hydroxylation is 2. The molecule has 10 heteroatoms. The minimum Gasteiger partial charge on any atom is -0.504 e. The molecule has 5 rings (SSSR count). The maximum atomic E-state index is 10.2. The van der Waals surface area contributed by atoms with Crippen LogP contribution in [0.4, 0.5) is 45.5 Å². The first-order valence-corrected chi connectivity index (χ1v) is 12.9. The van der Waals surface area contributed by atoms with Gasteiger partial charge < -0.3 is 51.9 Å². The highest BCUT2D eigenvalue weighted by molar-refractivity contribution is 5.82. The molecule has 0 radical (unpaired) electrons. The van der Waals surface area contributed by atoms with Crippen LogP contribution in [0.1, 0.15) is 11.1 Å². The van der Waals surface area contributed by atoms with E-state index < -0.39 is 0 Å². The van der Waals surface area contributed by atoms with Gasteiger partial charge in [-0.25, -0.2) is 0 Å². The number of anilines is 8. The first kappa shape index (κ1) is 27.7. The Morgan fingerprint density at radius 2 is 0.548 bits per heavy atom. The maximum Gasteiger partial charge on any atom is 0.159 e. The molecule has 0 saturated carbocycles. The van der Waals surface area contributed by atoms with Gasteiger partial charge in [-0.05, 0) is 85.6 Å². The molecule has 0 unspecified atom stereocenters. The number of hydrogen-bond donors (Lipinski definition) is 10. The lowest BCUT2D eigenvalue weighted by molar-refractivity contribution is 0.403. The van der Waals surface area contributed by atoms with Gasteiger partial charge in [-0.3, -0.25) is 0 Å². The van der Waals surface area contributed by atoms with E-state index in [0.717, 1.165) is 22.5 Å². The molecule has 0 atom stereocenters. The number of phenols is 6. The van der Waals surface area contributed by atoms with E-state index in [2.05, 4.69) is 21.3 Å². The van der Waals surface area contributed by atoms with E-state index in [4.69, 9.17) is 0 Å². The Hall–Kier alpha value is -5.90. The number of phenolic OH excluding ortho intramolecular Hbond substituents is 6. The molecule has 0 aliphatic carbocycles. The van der Waals surface area contributed by atoms with E-state index in [9.17, 15) is 30.6 Å². The molecule has 214 valence electrons. The van der Waals surface area contributed by atoms with Gasteiger partial charge in [0.05, 0.1) is 11.4 Å². The summed E-state index contributed by atoms with van der Waals surface area (Å²) >= 11 is 0. The van der Waals surface area contributed by atoms with Crippen LogP contribution in [-0.2, 0) is 0 Å². The van der Waals surface area contributed by atoms with Crippen LogP contribution >= 0.6 is 0 Å². The van der Waals surface area contributed by atoms with Crippen molar-refractivity contribution in [1.29, 1.82) is 0 Å². The highest BCUT2D eigenvalue weighted by Crippen LogP contribution is 2.39. The lowest BCUT2D eigenvalue weighted by atomic mass is 10.1. The molecule has 0 spiro atoms. The first-order chi connectivity index (χ1) is 20.0. The topological polar surface area (TPSA) is 169 Å². The van der Waals surface area contributed by atoms with Crippen molar-refractivity contribution in [2.75, 3.05) is 21.3 Å².